The van der Waals surface area contributed by atoms with Crippen LogP contribution in [-0.2, 0) is 7.05 Å². The Morgan fingerprint density at radius 1 is 1.00 bits per heavy atom. The molecule has 17 heavy (non-hydrogen) atoms. The summed E-state index contributed by atoms with van der Waals surface area (Å²) in [4.78, 5) is 12.3. The second-order valence-electron chi connectivity index (χ2n) is 4.18. The third kappa shape index (κ3) is 1.32. The number of nitrogens with two attached hydrogens (primary N) is 1. The third-order valence-electron chi connectivity index (χ3n) is 3.14. The normalized spacial score (nSPS) is 11.1. The number of fused-ring (bicyclic) bond motifs is 2. The molecule has 3 nitrogen and oxygen atoms in total. The molecule has 3 rings (SSSR count). The number of hydrogen-bond acceptors (Lipinski definition) is 2. The van der Waals surface area contributed by atoms with Crippen molar-refractivity contribution in [2.45, 2.75) is 0 Å². The summed E-state index contributed by atoms with van der Waals surface area (Å²) in [5.41, 5.74) is 8.30. The van der Waals surface area contributed by atoms with Crippen LogP contribution in [0, 0.1) is 0 Å². The average Bonchev–Trinajstić information content (AvgIpc) is 2.36. The molecule has 0 saturated carbocycles. The van der Waals surface area contributed by atoms with Crippen LogP contribution < -0.4 is 11.2 Å². The van der Waals surface area contributed by atoms with E-state index in [1.54, 1.807) is 12.1 Å². The molecule has 0 fully saturated rings. The van der Waals surface area contributed by atoms with Gasteiger partial charge in [-0.05, 0) is 30.3 Å². The van der Waals surface area contributed by atoms with Crippen LogP contribution in [0.2, 0.25) is 0 Å². The van der Waals surface area contributed by atoms with Crippen molar-refractivity contribution < 1.29 is 0 Å². The molecule has 0 aliphatic heterocycles. The predicted octanol–water partition coefficient (Wildman–Crippen LogP) is 2.27. The lowest BCUT2D eigenvalue weighted by atomic mass is 10.1. The minimum Gasteiger partial charge on any atom is -0.399 e. The molecule has 0 unspecified atom stereocenters. The zero-order chi connectivity index (χ0) is 12.0. The largest absolute Gasteiger partial charge is 0.399 e. The Labute approximate surface area is 98.1 Å². The number of aryl methyl sites for hydroxylation is 1. The third-order valence-corrected chi connectivity index (χ3v) is 3.14. The van der Waals surface area contributed by atoms with Crippen LogP contribution in [0.4, 0.5) is 5.69 Å². The molecule has 1 aromatic heterocycles. The van der Waals surface area contributed by atoms with Gasteiger partial charge in [0.2, 0.25) is 0 Å². The van der Waals surface area contributed by atoms with Gasteiger partial charge in [0, 0.05) is 23.5 Å². The van der Waals surface area contributed by atoms with Crippen LogP contribution in [0.5, 0.6) is 0 Å². The highest BCUT2D eigenvalue weighted by atomic mass is 16.1. The number of aromatic nitrogens is 1. The molecule has 0 aliphatic rings. The van der Waals surface area contributed by atoms with Crippen LogP contribution in [0.25, 0.3) is 21.8 Å². The van der Waals surface area contributed by atoms with Gasteiger partial charge < -0.3 is 10.3 Å². The van der Waals surface area contributed by atoms with Crippen molar-refractivity contribution in [1.82, 2.24) is 4.57 Å². The van der Waals surface area contributed by atoms with Gasteiger partial charge in [-0.2, -0.15) is 0 Å². The molecule has 3 aromatic rings. The number of rotatable bonds is 0. The smallest absolute Gasteiger partial charge is 0.197 e. The van der Waals surface area contributed by atoms with E-state index in [1.807, 2.05) is 41.9 Å². The van der Waals surface area contributed by atoms with Crippen LogP contribution in [0.3, 0.4) is 0 Å². The van der Waals surface area contributed by atoms with Crippen molar-refractivity contribution in [2.75, 3.05) is 5.73 Å². The molecule has 0 radical (unpaired) electrons. The summed E-state index contributed by atoms with van der Waals surface area (Å²) in [5.74, 6) is 0. The Balaban J connectivity index is 2.68. The summed E-state index contributed by atoms with van der Waals surface area (Å²) < 4.78 is 2.00. The molecule has 84 valence electrons. The van der Waals surface area contributed by atoms with E-state index in [2.05, 4.69) is 0 Å². The zero-order valence-corrected chi connectivity index (χ0v) is 9.47. The lowest BCUT2D eigenvalue weighted by Crippen LogP contribution is -2.09. The van der Waals surface area contributed by atoms with Crippen LogP contribution in [0.1, 0.15) is 0 Å². The second kappa shape index (κ2) is 3.35. The summed E-state index contributed by atoms with van der Waals surface area (Å²) in [7, 11) is 1.95. The molecule has 0 atom stereocenters. The number of pyridine rings is 1. The van der Waals surface area contributed by atoms with E-state index in [0.29, 0.717) is 11.1 Å². The average molecular weight is 224 g/mol. The number of anilines is 1. The topological polar surface area (TPSA) is 48.0 Å². The van der Waals surface area contributed by atoms with Crippen molar-refractivity contribution in [3.63, 3.8) is 0 Å². The van der Waals surface area contributed by atoms with Crippen LogP contribution in [0.15, 0.2) is 47.3 Å². The molecule has 2 aromatic carbocycles. The molecule has 0 saturated heterocycles. The number of nitrogens with zero attached hydrogens (tertiary/aromatic N) is 1. The number of hydrogen-bond donors (Lipinski definition) is 1. The van der Waals surface area contributed by atoms with Gasteiger partial charge in [0.15, 0.2) is 5.43 Å². The van der Waals surface area contributed by atoms with Gasteiger partial charge in [-0.15, -0.1) is 0 Å². The van der Waals surface area contributed by atoms with Crippen molar-refractivity contribution in [2.24, 2.45) is 7.05 Å². The molecule has 2 N–H and O–H groups in total. The van der Waals surface area contributed by atoms with Crippen molar-refractivity contribution in [3.05, 3.63) is 52.7 Å². The molecule has 1 heterocycles. The first-order valence-electron chi connectivity index (χ1n) is 5.45. The van der Waals surface area contributed by atoms with E-state index < -0.39 is 0 Å². The maximum Gasteiger partial charge on any atom is 0.197 e. The molecule has 0 aliphatic carbocycles. The van der Waals surface area contributed by atoms with Gasteiger partial charge in [0.25, 0.3) is 0 Å². The Morgan fingerprint density at radius 2 is 1.71 bits per heavy atom. The van der Waals surface area contributed by atoms with Crippen molar-refractivity contribution in [1.29, 1.82) is 0 Å². The molecule has 3 heteroatoms. The molecule has 0 amide bonds. The zero-order valence-electron chi connectivity index (χ0n) is 9.47. The highest BCUT2D eigenvalue weighted by Gasteiger charge is 2.07. The number of nitrogen functional groups attached to an aromatic ring is 1. The van der Waals surface area contributed by atoms with E-state index >= 15 is 0 Å². The van der Waals surface area contributed by atoms with Gasteiger partial charge in [0.05, 0.1) is 11.0 Å². The minimum absolute atomic E-state index is 0.0636. The first-order chi connectivity index (χ1) is 8.18. The Bertz CT molecular complexity index is 787. The first kappa shape index (κ1) is 9.90. The minimum atomic E-state index is 0.0636. The molecular formula is C14H12N2O. The first-order valence-corrected chi connectivity index (χ1v) is 5.45. The number of benzene rings is 2. The lowest BCUT2D eigenvalue weighted by molar-refractivity contribution is 1.00. The Morgan fingerprint density at radius 3 is 2.53 bits per heavy atom. The van der Waals surface area contributed by atoms with Crippen LogP contribution in [-0.4, -0.2) is 4.57 Å². The highest BCUT2D eigenvalue weighted by molar-refractivity contribution is 5.94. The fraction of sp³-hybridized carbons (Fsp3) is 0.0714. The maximum absolute atomic E-state index is 12.3. The van der Waals surface area contributed by atoms with Gasteiger partial charge in [-0.1, -0.05) is 12.1 Å². The maximum atomic E-state index is 12.3. The molecular weight excluding hydrogens is 212 g/mol. The molecule has 0 spiro atoms. The number of para-hydroxylation sites is 1. The van der Waals surface area contributed by atoms with Gasteiger partial charge in [-0.25, -0.2) is 0 Å². The monoisotopic (exact) mass is 224 g/mol. The highest BCUT2D eigenvalue weighted by Crippen LogP contribution is 2.19. The standard InChI is InChI=1S/C14H12N2O/c1-16-12-5-3-2-4-10(12)14(17)11-7-6-9(15)8-13(11)16/h2-8H,15H2,1H3. The van der Waals surface area contributed by atoms with Crippen molar-refractivity contribution in [3.8, 4) is 0 Å². The van der Waals surface area contributed by atoms with Crippen LogP contribution >= 0.6 is 0 Å². The summed E-state index contributed by atoms with van der Waals surface area (Å²) in [6, 6.07) is 13.0. The predicted molar refractivity (Wildman–Crippen MR) is 71.1 cm³/mol. The van der Waals surface area contributed by atoms with Gasteiger partial charge >= 0.3 is 0 Å². The van der Waals surface area contributed by atoms with Crippen molar-refractivity contribution >= 4 is 27.5 Å². The fourth-order valence-electron chi connectivity index (χ4n) is 2.25. The lowest BCUT2D eigenvalue weighted by Gasteiger charge is -2.10. The van der Waals surface area contributed by atoms with E-state index in [9.17, 15) is 4.79 Å². The fourth-order valence-corrected chi connectivity index (χ4v) is 2.25. The quantitative estimate of drug-likeness (QED) is 0.470. The van der Waals surface area contributed by atoms with Gasteiger partial charge in [-0.3, -0.25) is 4.79 Å². The van der Waals surface area contributed by atoms with E-state index in [1.165, 1.54) is 0 Å². The van der Waals surface area contributed by atoms with E-state index in [0.717, 1.165) is 16.4 Å². The SMILES string of the molecule is Cn1c2ccccc2c(=O)c2ccc(N)cc21. The summed E-state index contributed by atoms with van der Waals surface area (Å²) in [5, 5.41) is 1.45. The second-order valence-corrected chi connectivity index (χ2v) is 4.18. The summed E-state index contributed by atoms with van der Waals surface area (Å²) in [6.07, 6.45) is 0. The Kier molecular flexibility index (Phi) is 1.95. The van der Waals surface area contributed by atoms with E-state index in [-0.39, 0.29) is 5.43 Å². The van der Waals surface area contributed by atoms with E-state index in [4.69, 9.17) is 5.73 Å². The summed E-state index contributed by atoms with van der Waals surface area (Å²) in [6.45, 7) is 0. The summed E-state index contributed by atoms with van der Waals surface area (Å²) >= 11 is 0. The Hall–Kier alpha value is -2.29. The van der Waals surface area contributed by atoms with Gasteiger partial charge in [0.1, 0.15) is 0 Å². The molecule has 0 bridgehead atoms.